The normalized spacial score (nSPS) is 20.0. The van der Waals surface area contributed by atoms with Crippen LogP contribution in [-0.4, -0.2) is 65.8 Å². The fourth-order valence-electron chi connectivity index (χ4n) is 4.11. The Bertz CT molecular complexity index is 1520. The van der Waals surface area contributed by atoms with Crippen molar-refractivity contribution in [3.63, 3.8) is 0 Å². The lowest BCUT2D eigenvalue weighted by molar-refractivity contribution is -0.671. The Morgan fingerprint density at radius 1 is 1.44 bits per heavy atom. The predicted molar refractivity (Wildman–Crippen MR) is 143 cm³/mol. The van der Waals surface area contributed by atoms with Crippen molar-refractivity contribution in [1.29, 1.82) is 0 Å². The van der Waals surface area contributed by atoms with Gasteiger partial charge in [0.25, 0.3) is 0 Å². The lowest BCUT2D eigenvalue weighted by Crippen LogP contribution is -2.68. The standard InChI is InChI=1S/C22H21N7O6S4/c1-3-35-26-15(17-24-21(33)39-27-17)14(25-34)13-18(30)29-16(20(31)32)12(9-36-19(13)29)38-22-23-11(8-37-22)10-4-6-28(2)7-5-10/h4-8,13-14,19,25,34H,3,9H2,1-2H3,(H-,24,27,31,32,33)/b26-15+/t13-,14?,19-/m1/s1. The number of rotatable bonds is 10. The number of H-pyrrole nitrogens is 1. The molecule has 3 N–H and O–H groups in total. The van der Waals surface area contributed by atoms with Crippen LogP contribution in [0.3, 0.4) is 0 Å². The monoisotopic (exact) mass is 607 g/mol. The highest BCUT2D eigenvalue weighted by molar-refractivity contribution is 8.07. The van der Waals surface area contributed by atoms with Gasteiger partial charge in [0.1, 0.15) is 19.4 Å². The Morgan fingerprint density at radius 3 is 2.85 bits per heavy atom. The molecule has 3 aromatic heterocycles. The van der Waals surface area contributed by atoms with Crippen LogP contribution >= 0.6 is 46.4 Å². The van der Waals surface area contributed by atoms with Crippen LogP contribution < -0.4 is 20.0 Å². The fraction of sp³-hybridized carbons (Fsp3) is 0.318. The number of aliphatic carboxylic acids is 1. The van der Waals surface area contributed by atoms with Crippen molar-refractivity contribution in [1.82, 2.24) is 24.7 Å². The second-order valence-electron chi connectivity index (χ2n) is 8.29. The fourth-order valence-corrected chi connectivity index (χ4v) is 8.13. The number of β-lactam (4-membered cyclic amide) rings is 1. The van der Waals surface area contributed by atoms with Crippen LogP contribution in [0.2, 0.25) is 0 Å². The van der Waals surface area contributed by atoms with Gasteiger partial charge < -0.3 is 19.9 Å². The molecule has 1 saturated heterocycles. The van der Waals surface area contributed by atoms with Crippen LogP contribution in [0.15, 0.2) is 54.8 Å². The first kappa shape index (κ1) is 27.5. The van der Waals surface area contributed by atoms with Crippen molar-refractivity contribution in [3.05, 3.63) is 56.0 Å². The number of carbonyl (C=O) groups is 2. The Kier molecular flexibility index (Phi) is 8.15. The molecule has 3 aromatic rings. The zero-order chi connectivity index (χ0) is 27.7. The highest BCUT2D eigenvalue weighted by atomic mass is 32.2. The van der Waals surface area contributed by atoms with Gasteiger partial charge in [-0.25, -0.2) is 9.55 Å². The van der Waals surface area contributed by atoms with Crippen molar-refractivity contribution in [2.24, 2.45) is 18.1 Å². The summed E-state index contributed by atoms with van der Waals surface area (Å²) in [6, 6.07) is 2.75. The van der Waals surface area contributed by atoms with E-state index < -0.39 is 34.1 Å². The summed E-state index contributed by atoms with van der Waals surface area (Å²) in [6.07, 6.45) is 3.82. The molecule has 0 saturated carbocycles. The van der Waals surface area contributed by atoms with E-state index in [1.807, 2.05) is 41.5 Å². The Labute approximate surface area is 237 Å². The van der Waals surface area contributed by atoms with Gasteiger partial charge in [0.2, 0.25) is 5.91 Å². The number of oxime groups is 1. The third-order valence-corrected chi connectivity index (χ3v) is 9.95. The molecule has 2 aliphatic rings. The highest BCUT2D eigenvalue weighted by Crippen LogP contribution is 2.49. The van der Waals surface area contributed by atoms with Gasteiger partial charge >= 0.3 is 4.87 Å². The summed E-state index contributed by atoms with van der Waals surface area (Å²) in [5, 5.41) is 27.4. The summed E-state index contributed by atoms with van der Waals surface area (Å²) in [4.78, 5) is 50.7. The number of thioether (sulfide) groups is 2. The molecular weight excluding hydrogens is 587 g/mol. The van der Waals surface area contributed by atoms with Crippen molar-refractivity contribution >= 4 is 64.0 Å². The number of nitrogens with one attached hydrogen (secondary N) is 2. The van der Waals surface area contributed by atoms with Gasteiger partial charge in [-0.2, -0.15) is 9.85 Å². The number of hydrogen-bond acceptors (Lipinski definition) is 14. The second kappa shape index (κ2) is 11.6. The topological polar surface area (TPSA) is 177 Å². The molecule has 17 heteroatoms. The van der Waals surface area contributed by atoms with Crippen LogP contribution in [0.4, 0.5) is 0 Å². The number of carboxylic acids is 1. The molecule has 1 fully saturated rings. The molecule has 0 bridgehead atoms. The smallest absolute Gasteiger partial charge is 0.323 e. The molecule has 39 heavy (non-hydrogen) atoms. The van der Waals surface area contributed by atoms with Crippen LogP contribution in [0, 0.1) is 5.92 Å². The van der Waals surface area contributed by atoms with Crippen molar-refractivity contribution in [2.75, 3.05) is 12.4 Å². The van der Waals surface area contributed by atoms with E-state index in [2.05, 4.69) is 25.0 Å². The van der Waals surface area contributed by atoms with E-state index in [0.717, 1.165) is 16.2 Å². The summed E-state index contributed by atoms with van der Waals surface area (Å²) < 4.78 is 6.53. The number of amides is 1. The Morgan fingerprint density at radius 2 is 2.21 bits per heavy atom. The van der Waals surface area contributed by atoms with Gasteiger partial charge in [0.05, 0.1) is 34.7 Å². The quantitative estimate of drug-likeness (QED) is 0.124. The van der Waals surface area contributed by atoms with Crippen molar-refractivity contribution < 1.29 is 29.3 Å². The first-order valence-corrected chi connectivity index (χ1v) is 15.0. The molecular formula is C22H21N7O6S4. The molecule has 1 unspecified atom stereocenters. The lowest BCUT2D eigenvalue weighted by atomic mass is 9.86. The second-order valence-corrected chi connectivity index (χ2v) is 12.3. The van der Waals surface area contributed by atoms with Gasteiger partial charge in [-0.3, -0.25) is 19.5 Å². The molecule has 0 radical (unpaired) electrons. The van der Waals surface area contributed by atoms with E-state index in [1.165, 1.54) is 34.9 Å². The van der Waals surface area contributed by atoms with E-state index in [9.17, 15) is 24.7 Å². The van der Waals surface area contributed by atoms with Crippen molar-refractivity contribution in [2.45, 2.75) is 22.7 Å². The largest absolute Gasteiger partial charge is 0.543 e. The Balaban J connectivity index is 1.40. The molecule has 5 rings (SSSR count). The number of nitrogens with zero attached hydrogens (tertiary/aromatic N) is 5. The number of aromatic nitrogens is 4. The van der Waals surface area contributed by atoms with E-state index in [0.29, 0.717) is 20.8 Å². The molecule has 13 nitrogen and oxygen atoms in total. The van der Waals surface area contributed by atoms with E-state index >= 15 is 0 Å². The van der Waals surface area contributed by atoms with E-state index in [-0.39, 0.29) is 29.6 Å². The maximum Gasteiger partial charge on any atom is 0.323 e. The minimum atomic E-state index is -1.48. The average Bonchev–Trinajstić information content (AvgIpc) is 3.57. The molecule has 0 aromatic carbocycles. The minimum absolute atomic E-state index is 0.0141. The highest BCUT2D eigenvalue weighted by Gasteiger charge is 2.57. The first-order chi connectivity index (χ1) is 18.8. The van der Waals surface area contributed by atoms with Crippen LogP contribution in [0.25, 0.3) is 11.3 Å². The third-order valence-electron chi connectivity index (χ3n) is 5.90. The molecule has 0 aliphatic carbocycles. The maximum atomic E-state index is 13.4. The number of fused-ring (bicyclic) bond motifs is 1. The summed E-state index contributed by atoms with van der Waals surface area (Å²) in [7, 11) is 1.92. The van der Waals surface area contributed by atoms with Gasteiger partial charge in [0, 0.05) is 45.3 Å². The number of thiazole rings is 1. The molecule has 2 aliphatic heterocycles. The summed E-state index contributed by atoms with van der Waals surface area (Å²) >= 11 is 4.54. The van der Waals surface area contributed by atoms with E-state index in [1.54, 1.807) is 6.92 Å². The maximum absolute atomic E-state index is 13.4. The molecule has 5 heterocycles. The number of carboxylic acid groups (broad SMARTS) is 1. The van der Waals surface area contributed by atoms with Gasteiger partial charge in [-0.15, -0.1) is 23.1 Å². The van der Waals surface area contributed by atoms with Crippen LogP contribution in [0.5, 0.6) is 0 Å². The van der Waals surface area contributed by atoms with Crippen LogP contribution in [0.1, 0.15) is 12.7 Å². The van der Waals surface area contributed by atoms with Gasteiger partial charge in [-0.05, 0) is 6.92 Å². The molecule has 3 atom stereocenters. The van der Waals surface area contributed by atoms with Crippen LogP contribution in [-0.2, 0) is 21.5 Å². The molecule has 1 amide bonds. The Hall–Kier alpha value is -3.09. The van der Waals surface area contributed by atoms with Gasteiger partial charge in [0.15, 0.2) is 22.6 Å². The van der Waals surface area contributed by atoms with E-state index in [4.69, 9.17) is 4.84 Å². The first-order valence-electron chi connectivity index (χ1n) is 11.5. The summed E-state index contributed by atoms with van der Waals surface area (Å²) in [5.74, 6) is -2.65. The number of aryl methyl sites for hydroxylation is 1. The number of hydrogen-bond donors (Lipinski definition) is 3. The SMILES string of the molecule is CCO/N=C(/c1nsc(=O)[nH]1)C(NO)[C@@H]1C(=O)N2C(C(=O)[O-])=C(Sc3nc(-c4cc[n+](C)cc4)cs3)CS[C@H]12. The van der Waals surface area contributed by atoms with Crippen molar-refractivity contribution in [3.8, 4) is 11.3 Å². The molecule has 204 valence electrons. The lowest BCUT2D eigenvalue weighted by Gasteiger charge is -2.52. The van der Waals surface area contributed by atoms with Gasteiger partial charge in [-0.1, -0.05) is 16.9 Å². The minimum Gasteiger partial charge on any atom is -0.543 e. The number of hydroxylamine groups is 1. The number of pyridine rings is 1. The zero-order valence-electron chi connectivity index (χ0n) is 20.4. The number of carbonyl (C=O) groups excluding carboxylic acids is 2. The predicted octanol–water partition coefficient (Wildman–Crippen LogP) is 0.153. The third kappa shape index (κ3) is 5.37. The summed E-state index contributed by atoms with van der Waals surface area (Å²) in [5.41, 5.74) is 3.56. The average molecular weight is 608 g/mol. The zero-order valence-corrected chi connectivity index (χ0v) is 23.7. The summed E-state index contributed by atoms with van der Waals surface area (Å²) in [6.45, 7) is 1.89. The molecule has 0 spiro atoms. The number of aromatic amines is 1.